The van der Waals surface area contributed by atoms with Crippen LogP contribution in [0.25, 0.3) is 0 Å². The van der Waals surface area contributed by atoms with Crippen molar-refractivity contribution in [1.82, 2.24) is 5.43 Å². The molecule has 0 saturated carbocycles. The molecule has 0 aliphatic carbocycles. The summed E-state index contributed by atoms with van der Waals surface area (Å²) in [6, 6.07) is 6.20. The fraction of sp³-hybridized carbons (Fsp3) is 0.286. The van der Waals surface area contributed by atoms with Crippen LogP contribution in [0.1, 0.15) is 27.6 Å². The first kappa shape index (κ1) is 14.5. The van der Waals surface area contributed by atoms with Gasteiger partial charge >= 0.3 is 0 Å². The van der Waals surface area contributed by atoms with Crippen molar-refractivity contribution in [2.75, 3.05) is 7.11 Å². The van der Waals surface area contributed by atoms with Gasteiger partial charge in [-0.15, -0.1) is 11.3 Å². The van der Waals surface area contributed by atoms with Gasteiger partial charge in [-0.3, -0.25) is 5.84 Å². The van der Waals surface area contributed by atoms with Gasteiger partial charge in [-0.25, -0.2) is 5.43 Å². The summed E-state index contributed by atoms with van der Waals surface area (Å²) >= 11 is 5.25. The van der Waals surface area contributed by atoms with E-state index in [-0.39, 0.29) is 6.04 Å². The summed E-state index contributed by atoms with van der Waals surface area (Å²) in [5, 5.41) is 2.05. The molecule has 5 heteroatoms. The maximum Gasteiger partial charge on any atom is 0.122 e. The van der Waals surface area contributed by atoms with E-state index in [1.807, 2.05) is 13.0 Å². The molecule has 19 heavy (non-hydrogen) atoms. The van der Waals surface area contributed by atoms with Crippen molar-refractivity contribution < 1.29 is 4.74 Å². The molecule has 1 aromatic carbocycles. The van der Waals surface area contributed by atoms with Gasteiger partial charge in [0.15, 0.2) is 0 Å². The summed E-state index contributed by atoms with van der Waals surface area (Å²) in [7, 11) is 1.69. The quantitative estimate of drug-likeness (QED) is 0.659. The Bertz CT molecular complexity index is 583. The zero-order valence-corrected chi connectivity index (χ0v) is 13.6. The average molecular weight is 341 g/mol. The number of methoxy groups -OCH3 is 1. The molecule has 1 unspecified atom stereocenters. The summed E-state index contributed by atoms with van der Waals surface area (Å²) in [6.07, 6.45) is 0. The summed E-state index contributed by atoms with van der Waals surface area (Å²) in [4.78, 5) is 1.18. The minimum Gasteiger partial charge on any atom is -0.496 e. The third-order valence-electron chi connectivity index (χ3n) is 3.17. The molecule has 2 rings (SSSR count). The Kier molecular flexibility index (Phi) is 4.62. The first-order valence-corrected chi connectivity index (χ1v) is 7.60. The molecule has 2 aromatic rings. The standard InChI is InChI=1S/C14H17BrN2OS/c1-8-7-12(18-3)9(2)6-10(8)13(17-16)14-11(15)4-5-19-14/h4-7,13,17H,16H2,1-3H3. The molecule has 0 aliphatic heterocycles. The number of nitrogens with one attached hydrogen (secondary N) is 1. The second-order valence-electron chi connectivity index (χ2n) is 4.41. The predicted molar refractivity (Wildman–Crippen MR) is 83.7 cm³/mol. The van der Waals surface area contributed by atoms with E-state index in [9.17, 15) is 0 Å². The van der Waals surface area contributed by atoms with Crippen molar-refractivity contribution in [1.29, 1.82) is 0 Å². The number of aryl methyl sites for hydroxylation is 2. The van der Waals surface area contributed by atoms with Crippen LogP contribution in [0.2, 0.25) is 0 Å². The molecule has 0 fully saturated rings. The van der Waals surface area contributed by atoms with Crippen LogP contribution in [0.4, 0.5) is 0 Å². The van der Waals surface area contributed by atoms with Crippen LogP contribution in [-0.2, 0) is 0 Å². The molecule has 0 aliphatic rings. The Balaban J connectivity index is 2.50. The first-order valence-electron chi connectivity index (χ1n) is 5.92. The minimum atomic E-state index is -0.0148. The highest BCUT2D eigenvalue weighted by Gasteiger charge is 2.19. The Morgan fingerprint density at radius 3 is 2.58 bits per heavy atom. The van der Waals surface area contributed by atoms with Crippen LogP contribution >= 0.6 is 27.3 Å². The molecule has 0 amide bonds. The minimum absolute atomic E-state index is 0.0148. The fourth-order valence-electron chi connectivity index (χ4n) is 2.16. The molecular weight excluding hydrogens is 324 g/mol. The molecule has 3 nitrogen and oxygen atoms in total. The maximum absolute atomic E-state index is 5.76. The zero-order chi connectivity index (χ0) is 14.0. The molecule has 3 N–H and O–H groups in total. The second-order valence-corrected chi connectivity index (χ2v) is 6.21. The van der Waals surface area contributed by atoms with Crippen molar-refractivity contribution in [3.05, 3.63) is 49.6 Å². The SMILES string of the molecule is COc1cc(C)c(C(NN)c2sccc2Br)cc1C. The summed E-state index contributed by atoms with van der Waals surface area (Å²) in [6.45, 7) is 4.11. The number of thiophene rings is 1. The summed E-state index contributed by atoms with van der Waals surface area (Å²) in [5.74, 6) is 6.66. The molecule has 0 spiro atoms. The number of halogens is 1. The lowest BCUT2D eigenvalue weighted by Crippen LogP contribution is -2.29. The largest absolute Gasteiger partial charge is 0.496 e. The normalized spacial score (nSPS) is 12.5. The number of ether oxygens (including phenoxy) is 1. The number of benzene rings is 1. The lowest BCUT2D eigenvalue weighted by molar-refractivity contribution is 0.411. The van der Waals surface area contributed by atoms with Crippen LogP contribution in [-0.4, -0.2) is 7.11 Å². The third-order valence-corrected chi connectivity index (χ3v) is 5.10. The lowest BCUT2D eigenvalue weighted by Gasteiger charge is -2.20. The monoisotopic (exact) mass is 340 g/mol. The van der Waals surface area contributed by atoms with Crippen molar-refractivity contribution >= 4 is 27.3 Å². The van der Waals surface area contributed by atoms with Gasteiger partial charge in [-0.05, 0) is 64.0 Å². The van der Waals surface area contributed by atoms with Gasteiger partial charge in [-0.2, -0.15) is 0 Å². The molecular formula is C14H17BrN2OS. The van der Waals surface area contributed by atoms with E-state index in [0.717, 1.165) is 21.3 Å². The first-order chi connectivity index (χ1) is 9.08. The summed E-state index contributed by atoms with van der Waals surface area (Å²) in [5.41, 5.74) is 6.34. The van der Waals surface area contributed by atoms with E-state index < -0.39 is 0 Å². The number of nitrogens with two attached hydrogens (primary N) is 1. The highest BCUT2D eigenvalue weighted by Crippen LogP contribution is 2.35. The third kappa shape index (κ3) is 2.84. The topological polar surface area (TPSA) is 47.3 Å². The van der Waals surface area contributed by atoms with Crippen molar-refractivity contribution in [3.63, 3.8) is 0 Å². The van der Waals surface area contributed by atoms with E-state index in [1.165, 1.54) is 10.4 Å². The lowest BCUT2D eigenvalue weighted by atomic mass is 9.97. The fourth-order valence-corrected chi connectivity index (χ4v) is 3.84. The van der Waals surface area contributed by atoms with E-state index in [4.69, 9.17) is 10.6 Å². The van der Waals surface area contributed by atoms with Gasteiger partial charge in [0.1, 0.15) is 5.75 Å². The van der Waals surface area contributed by atoms with Gasteiger partial charge in [0, 0.05) is 9.35 Å². The van der Waals surface area contributed by atoms with Gasteiger partial charge < -0.3 is 4.74 Å². The van der Waals surface area contributed by atoms with Gasteiger partial charge in [0.25, 0.3) is 0 Å². The highest BCUT2D eigenvalue weighted by atomic mass is 79.9. The number of hydrogen-bond donors (Lipinski definition) is 2. The molecule has 1 heterocycles. The van der Waals surface area contributed by atoms with Crippen molar-refractivity contribution in [2.24, 2.45) is 5.84 Å². The van der Waals surface area contributed by atoms with E-state index in [0.29, 0.717) is 0 Å². The molecule has 0 radical (unpaired) electrons. The van der Waals surface area contributed by atoms with Gasteiger partial charge in [-0.1, -0.05) is 6.07 Å². The Morgan fingerprint density at radius 2 is 2.05 bits per heavy atom. The molecule has 0 bridgehead atoms. The Hall–Kier alpha value is -0.880. The predicted octanol–water partition coefficient (Wildman–Crippen LogP) is 3.69. The smallest absolute Gasteiger partial charge is 0.122 e. The Morgan fingerprint density at radius 1 is 1.32 bits per heavy atom. The number of hydrogen-bond acceptors (Lipinski definition) is 4. The van der Waals surface area contributed by atoms with Crippen molar-refractivity contribution in [3.8, 4) is 5.75 Å². The average Bonchev–Trinajstić information content (AvgIpc) is 2.80. The number of rotatable bonds is 4. The van der Waals surface area contributed by atoms with Gasteiger partial charge in [0.2, 0.25) is 0 Å². The second kappa shape index (κ2) is 6.05. The van der Waals surface area contributed by atoms with Crippen molar-refractivity contribution in [2.45, 2.75) is 19.9 Å². The van der Waals surface area contributed by atoms with Crippen LogP contribution in [0.15, 0.2) is 28.1 Å². The van der Waals surface area contributed by atoms with E-state index in [1.54, 1.807) is 18.4 Å². The Labute approximate surface area is 125 Å². The van der Waals surface area contributed by atoms with E-state index in [2.05, 4.69) is 45.8 Å². The summed E-state index contributed by atoms with van der Waals surface area (Å²) < 4.78 is 6.43. The van der Waals surface area contributed by atoms with E-state index >= 15 is 0 Å². The molecule has 0 saturated heterocycles. The van der Waals surface area contributed by atoms with Gasteiger partial charge in [0.05, 0.1) is 13.2 Å². The number of hydrazine groups is 1. The van der Waals surface area contributed by atoms with Crippen LogP contribution in [0, 0.1) is 13.8 Å². The highest BCUT2D eigenvalue weighted by molar-refractivity contribution is 9.10. The maximum atomic E-state index is 5.76. The zero-order valence-electron chi connectivity index (χ0n) is 11.2. The molecule has 102 valence electrons. The van der Waals surface area contributed by atoms with Crippen LogP contribution in [0.5, 0.6) is 5.75 Å². The van der Waals surface area contributed by atoms with Crippen LogP contribution in [0.3, 0.4) is 0 Å². The molecule has 1 atom stereocenters. The molecule has 1 aromatic heterocycles. The van der Waals surface area contributed by atoms with Crippen LogP contribution < -0.4 is 16.0 Å².